The summed E-state index contributed by atoms with van der Waals surface area (Å²) >= 11 is 0. The molecule has 4 heteroatoms. The summed E-state index contributed by atoms with van der Waals surface area (Å²) in [7, 11) is 0. The lowest BCUT2D eigenvalue weighted by Gasteiger charge is -1.73. The lowest BCUT2D eigenvalue weighted by molar-refractivity contribution is 0.203. The van der Waals surface area contributed by atoms with Crippen LogP contribution in [-0.4, -0.2) is 17.7 Å². The minimum Gasteiger partial charge on any atom is -0.462 e. The van der Waals surface area contributed by atoms with Gasteiger partial charge in [0.05, 0.1) is 6.54 Å². The molecule has 0 aromatic heterocycles. The van der Waals surface area contributed by atoms with E-state index in [-0.39, 0.29) is 0 Å². The Kier molecular flexibility index (Phi) is 2.83. The molecule has 40 valence electrons. The number of nitrogens with zero attached hydrogens (tertiary/aromatic N) is 2. The summed E-state index contributed by atoms with van der Waals surface area (Å²) in [4.78, 5) is 9.50. The van der Waals surface area contributed by atoms with Gasteiger partial charge in [-0.1, -0.05) is 5.11 Å². The third kappa shape index (κ3) is 5.07. The van der Waals surface area contributed by atoms with Crippen molar-refractivity contribution in [3.8, 4) is 0 Å². The van der Waals surface area contributed by atoms with E-state index in [9.17, 15) is 4.79 Å². The molecule has 0 atom stereocenters. The second-order valence-corrected chi connectivity index (χ2v) is 0.840. The molecule has 0 aliphatic rings. The summed E-state index contributed by atoms with van der Waals surface area (Å²) in [6.07, 6.45) is -1.23. The fourth-order valence-electron chi connectivity index (χ4n) is 0.131. The first-order chi connectivity index (χ1) is 3.27. The van der Waals surface area contributed by atoms with Gasteiger partial charge in [0.25, 0.3) is 0 Å². The van der Waals surface area contributed by atoms with Crippen molar-refractivity contribution in [3.63, 3.8) is 0 Å². The first-order valence-electron chi connectivity index (χ1n) is 1.87. The summed E-state index contributed by atoms with van der Waals surface area (Å²) in [5.74, 6) is 0. The molecule has 0 spiro atoms. The molecule has 7 heavy (non-hydrogen) atoms. The minimum atomic E-state index is -1.23. The van der Waals surface area contributed by atoms with Crippen LogP contribution in [0.4, 0.5) is 4.79 Å². The van der Waals surface area contributed by atoms with Crippen molar-refractivity contribution in [2.24, 2.45) is 10.2 Å². The van der Waals surface area contributed by atoms with Crippen molar-refractivity contribution >= 4 is 6.09 Å². The standard InChI is InChI=1S/C3H6N2O2/c1-2-4-5-3(6)7/h2H2,1H3,(H,6,7). The molecule has 0 saturated carbocycles. The maximum Gasteiger partial charge on any atom is 0.449 e. The monoisotopic (exact) mass is 102 g/mol. The summed E-state index contributed by atoms with van der Waals surface area (Å²) < 4.78 is 0. The zero-order valence-electron chi connectivity index (χ0n) is 3.96. The van der Waals surface area contributed by atoms with Crippen LogP contribution in [0.5, 0.6) is 0 Å². The van der Waals surface area contributed by atoms with E-state index in [1.54, 1.807) is 6.92 Å². The average Bonchev–Trinajstić information content (AvgIpc) is 1.61. The Hall–Kier alpha value is -0.930. The molecular weight excluding hydrogens is 96.0 g/mol. The van der Waals surface area contributed by atoms with Crippen molar-refractivity contribution in [3.05, 3.63) is 0 Å². The van der Waals surface area contributed by atoms with Gasteiger partial charge in [0.15, 0.2) is 0 Å². The van der Waals surface area contributed by atoms with Crippen LogP contribution in [0.25, 0.3) is 0 Å². The highest BCUT2D eigenvalue weighted by molar-refractivity contribution is 5.64. The molecule has 4 nitrogen and oxygen atoms in total. The Morgan fingerprint density at radius 2 is 2.43 bits per heavy atom. The summed E-state index contributed by atoms with van der Waals surface area (Å²) in [5, 5.41) is 13.8. The fourth-order valence-corrected chi connectivity index (χ4v) is 0.131. The molecule has 0 saturated heterocycles. The third-order valence-electron chi connectivity index (χ3n) is 0.298. The Balaban J connectivity index is 3.26. The molecule has 1 N–H and O–H groups in total. The van der Waals surface area contributed by atoms with E-state index >= 15 is 0 Å². The number of hydrogen-bond donors (Lipinski definition) is 1. The number of carboxylic acid groups (broad SMARTS) is 1. The van der Waals surface area contributed by atoms with Gasteiger partial charge in [-0.25, -0.2) is 4.79 Å². The molecule has 0 radical (unpaired) electrons. The number of amides is 1. The molecule has 0 aliphatic heterocycles. The second kappa shape index (κ2) is 3.27. The van der Waals surface area contributed by atoms with Gasteiger partial charge in [-0.2, -0.15) is 5.11 Å². The number of carbonyl (C=O) groups is 1. The molecule has 0 heterocycles. The minimum absolute atomic E-state index is 0.423. The zero-order chi connectivity index (χ0) is 5.70. The van der Waals surface area contributed by atoms with Gasteiger partial charge < -0.3 is 5.11 Å². The second-order valence-electron chi connectivity index (χ2n) is 0.840. The Morgan fingerprint density at radius 3 is 2.57 bits per heavy atom. The fraction of sp³-hybridized carbons (Fsp3) is 0.667. The molecule has 0 aliphatic carbocycles. The van der Waals surface area contributed by atoms with Gasteiger partial charge in [0, 0.05) is 0 Å². The van der Waals surface area contributed by atoms with Crippen LogP contribution in [0.3, 0.4) is 0 Å². The summed E-state index contributed by atoms with van der Waals surface area (Å²) in [6.45, 7) is 2.14. The Bertz CT molecular complexity index is 88.9. The highest BCUT2D eigenvalue weighted by atomic mass is 16.4. The first kappa shape index (κ1) is 6.07. The Morgan fingerprint density at radius 1 is 1.86 bits per heavy atom. The molecule has 0 aromatic rings. The Labute approximate surface area is 40.9 Å². The quantitative estimate of drug-likeness (QED) is 0.504. The molecule has 0 bridgehead atoms. The zero-order valence-corrected chi connectivity index (χ0v) is 3.96. The van der Waals surface area contributed by atoms with Crippen LogP contribution in [0.1, 0.15) is 6.92 Å². The van der Waals surface area contributed by atoms with E-state index in [0.29, 0.717) is 6.54 Å². The lowest BCUT2D eigenvalue weighted by atomic mass is 10.8. The summed E-state index contributed by atoms with van der Waals surface area (Å²) in [5.41, 5.74) is 0. The SMILES string of the molecule is CCN=NC(=O)O. The predicted molar refractivity (Wildman–Crippen MR) is 23.4 cm³/mol. The number of rotatable bonds is 1. The van der Waals surface area contributed by atoms with E-state index < -0.39 is 6.09 Å². The maximum absolute atomic E-state index is 9.50. The van der Waals surface area contributed by atoms with E-state index in [0.717, 1.165) is 0 Å². The molecule has 0 unspecified atom stereocenters. The third-order valence-corrected chi connectivity index (χ3v) is 0.298. The predicted octanol–water partition coefficient (Wildman–Crippen LogP) is 1.14. The summed E-state index contributed by atoms with van der Waals surface area (Å²) in [6, 6.07) is 0. The van der Waals surface area contributed by atoms with E-state index in [1.165, 1.54) is 0 Å². The van der Waals surface area contributed by atoms with Crippen LogP contribution in [0, 0.1) is 0 Å². The molecule has 1 amide bonds. The van der Waals surface area contributed by atoms with Crippen molar-refractivity contribution in [1.82, 2.24) is 0 Å². The topological polar surface area (TPSA) is 62.0 Å². The van der Waals surface area contributed by atoms with E-state index in [2.05, 4.69) is 10.2 Å². The largest absolute Gasteiger partial charge is 0.462 e. The molecular formula is C3H6N2O2. The highest BCUT2D eigenvalue weighted by Crippen LogP contribution is 1.73. The number of azo groups is 1. The highest BCUT2D eigenvalue weighted by Gasteiger charge is 1.82. The van der Waals surface area contributed by atoms with Gasteiger partial charge in [-0.15, -0.1) is 0 Å². The van der Waals surface area contributed by atoms with E-state index in [1.807, 2.05) is 0 Å². The number of hydrogen-bond acceptors (Lipinski definition) is 2. The molecule has 0 aromatic carbocycles. The van der Waals surface area contributed by atoms with Crippen molar-refractivity contribution in [1.29, 1.82) is 0 Å². The van der Waals surface area contributed by atoms with Gasteiger partial charge in [0.1, 0.15) is 0 Å². The van der Waals surface area contributed by atoms with Crippen LogP contribution in [0.15, 0.2) is 10.2 Å². The maximum atomic E-state index is 9.50. The smallest absolute Gasteiger partial charge is 0.449 e. The lowest BCUT2D eigenvalue weighted by Crippen LogP contribution is -1.81. The van der Waals surface area contributed by atoms with Crippen LogP contribution in [0.2, 0.25) is 0 Å². The van der Waals surface area contributed by atoms with Gasteiger partial charge in [-0.3, -0.25) is 0 Å². The van der Waals surface area contributed by atoms with Crippen molar-refractivity contribution in [2.45, 2.75) is 6.92 Å². The van der Waals surface area contributed by atoms with Crippen molar-refractivity contribution in [2.75, 3.05) is 6.54 Å². The average molecular weight is 102 g/mol. The van der Waals surface area contributed by atoms with E-state index in [4.69, 9.17) is 5.11 Å². The van der Waals surface area contributed by atoms with Gasteiger partial charge >= 0.3 is 6.09 Å². The van der Waals surface area contributed by atoms with Crippen molar-refractivity contribution < 1.29 is 9.90 Å². The molecule has 0 rings (SSSR count). The van der Waals surface area contributed by atoms with Crippen LogP contribution >= 0.6 is 0 Å². The first-order valence-corrected chi connectivity index (χ1v) is 1.87. The normalized spacial score (nSPS) is 9.86. The van der Waals surface area contributed by atoms with Gasteiger partial charge in [-0.05, 0) is 6.92 Å². The van der Waals surface area contributed by atoms with Gasteiger partial charge in [0.2, 0.25) is 0 Å². The molecule has 0 fully saturated rings. The van der Waals surface area contributed by atoms with Crippen LogP contribution in [-0.2, 0) is 0 Å². The van der Waals surface area contributed by atoms with Crippen LogP contribution < -0.4 is 0 Å².